The Morgan fingerprint density at radius 2 is 2.25 bits per heavy atom. The second kappa shape index (κ2) is 6.45. The molecule has 0 spiro atoms. The van der Waals surface area contributed by atoms with E-state index in [4.69, 9.17) is 4.74 Å². The molecule has 1 aliphatic rings. The van der Waals surface area contributed by atoms with Gasteiger partial charge in [0.25, 0.3) is 0 Å². The molecule has 0 unspecified atom stereocenters. The Hall–Kier alpha value is -2.67. The summed E-state index contributed by atoms with van der Waals surface area (Å²) in [5.41, 5.74) is 2.00. The van der Waals surface area contributed by atoms with E-state index >= 15 is 0 Å². The maximum absolute atomic E-state index is 5.56. The lowest BCUT2D eigenvalue weighted by molar-refractivity contribution is 0.118. The summed E-state index contributed by atoms with van der Waals surface area (Å²) in [5.74, 6) is 1.72. The molecular weight excluding hydrogens is 304 g/mol. The van der Waals surface area contributed by atoms with Gasteiger partial charge in [-0.2, -0.15) is 0 Å². The minimum Gasteiger partial charge on any atom is -0.380 e. The van der Waals surface area contributed by atoms with E-state index in [-0.39, 0.29) is 12.1 Å². The Morgan fingerprint density at radius 1 is 1.33 bits per heavy atom. The number of H-pyrrole nitrogens is 1. The van der Waals surface area contributed by atoms with Crippen LogP contribution in [0.3, 0.4) is 0 Å². The molecule has 2 aromatic heterocycles. The fourth-order valence-electron chi connectivity index (χ4n) is 3.22. The van der Waals surface area contributed by atoms with Crippen LogP contribution < -0.4 is 10.2 Å². The van der Waals surface area contributed by atoms with Crippen molar-refractivity contribution in [2.45, 2.75) is 18.6 Å². The highest BCUT2D eigenvalue weighted by molar-refractivity contribution is 5.77. The van der Waals surface area contributed by atoms with E-state index in [1.54, 1.807) is 19.6 Å². The van der Waals surface area contributed by atoms with Gasteiger partial charge in [0.15, 0.2) is 0 Å². The number of rotatable bonds is 5. The van der Waals surface area contributed by atoms with Crippen molar-refractivity contribution in [3.05, 3.63) is 42.9 Å². The number of nitrogens with zero attached hydrogens (tertiary/aromatic N) is 4. The molecule has 3 heterocycles. The molecular formula is C17H20N6O. The second-order valence-corrected chi connectivity index (χ2v) is 5.95. The summed E-state index contributed by atoms with van der Waals surface area (Å²) >= 11 is 0. The molecule has 0 amide bonds. The van der Waals surface area contributed by atoms with E-state index in [1.165, 1.54) is 0 Å². The Bertz CT molecular complexity index is 772. The summed E-state index contributed by atoms with van der Waals surface area (Å²) in [5, 5.41) is 3.41. The molecule has 0 aliphatic carbocycles. The van der Waals surface area contributed by atoms with Crippen molar-refractivity contribution in [3.8, 4) is 0 Å². The average Bonchev–Trinajstić information content (AvgIpc) is 3.24. The number of methoxy groups -OCH3 is 1. The zero-order valence-electron chi connectivity index (χ0n) is 13.5. The minimum atomic E-state index is 0.211. The Kier molecular flexibility index (Phi) is 4.00. The predicted molar refractivity (Wildman–Crippen MR) is 93.2 cm³/mol. The van der Waals surface area contributed by atoms with Crippen molar-refractivity contribution < 1.29 is 4.74 Å². The lowest BCUT2D eigenvalue weighted by Crippen LogP contribution is -2.35. The van der Waals surface area contributed by atoms with Gasteiger partial charge in [-0.05, 0) is 24.6 Å². The van der Waals surface area contributed by atoms with Gasteiger partial charge >= 0.3 is 0 Å². The molecule has 1 aliphatic heterocycles. The van der Waals surface area contributed by atoms with Crippen LogP contribution in [0, 0.1) is 0 Å². The quantitative estimate of drug-likeness (QED) is 0.748. The van der Waals surface area contributed by atoms with Crippen molar-refractivity contribution in [1.29, 1.82) is 0 Å². The monoisotopic (exact) mass is 324 g/mol. The SMILES string of the molecule is CO[C@@H]1C[C@H](CNc2nc3ccccc3[nH]2)N(c2ccncn2)C1. The van der Waals surface area contributed by atoms with Crippen LogP contribution in [0.2, 0.25) is 0 Å². The third-order valence-corrected chi connectivity index (χ3v) is 4.46. The number of anilines is 2. The van der Waals surface area contributed by atoms with Gasteiger partial charge in [0.1, 0.15) is 12.1 Å². The van der Waals surface area contributed by atoms with E-state index < -0.39 is 0 Å². The molecule has 1 fully saturated rings. The number of aromatic nitrogens is 4. The Morgan fingerprint density at radius 3 is 3.04 bits per heavy atom. The minimum absolute atomic E-state index is 0.211. The molecule has 0 radical (unpaired) electrons. The van der Waals surface area contributed by atoms with E-state index in [2.05, 4.69) is 30.2 Å². The smallest absolute Gasteiger partial charge is 0.201 e. The fraction of sp³-hybridized carbons (Fsp3) is 0.353. The number of benzene rings is 1. The zero-order valence-corrected chi connectivity index (χ0v) is 13.5. The number of imidazole rings is 1. The number of aromatic amines is 1. The standard InChI is InChI=1S/C17H20N6O/c1-24-13-8-12(23(10-13)16-6-7-18-11-20-16)9-19-17-21-14-4-2-3-5-15(14)22-17/h2-7,11-13H,8-10H2,1H3,(H2,19,21,22)/t12-,13-/m1/s1. The lowest BCUT2D eigenvalue weighted by atomic mass is 10.2. The van der Waals surface area contributed by atoms with Gasteiger partial charge in [-0.25, -0.2) is 15.0 Å². The van der Waals surface area contributed by atoms with Gasteiger partial charge < -0.3 is 19.9 Å². The number of ether oxygens (including phenoxy) is 1. The largest absolute Gasteiger partial charge is 0.380 e. The van der Waals surface area contributed by atoms with Crippen molar-refractivity contribution in [1.82, 2.24) is 19.9 Å². The summed E-state index contributed by atoms with van der Waals surface area (Å²) < 4.78 is 5.56. The molecule has 124 valence electrons. The van der Waals surface area contributed by atoms with Gasteiger partial charge in [0, 0.05) is 26.4 Å². The summed E-state index contributed by atoms with van der Waals surface area (Å²) in [7, 11) is 1.76. The van der Waals surface area contributed by atoms with Crippen molar-refractivity contribution in [3.63, 3.8) is 0 Å². The molecule has 24 heavy (non-hydrogen) atoms. The molecule has 1 aromatic carbocycles. The maximum atomic E-state index is 5.56. The number of nitrogens with one attached hydrogen (secondary N) is 2. The molecule has 7 heteroatoms. The number of fused-ring (bicyclic) bond motifs is 1. The normalized spacial score (nSPS) is 20.6. The van der Waals surface area contributed by atoms with Crippen LogP contribution >= 0.6 is 0 Å². The molecule has 3 aromatic rings. The van der Waals surface area contributed by atoms with Crippen LogP contribution in [0.4, 0.5) is 11.8 Å². The number of hydrogen-bond donors (Lipinski definition) is 2. The predicted octanol–water partition coefficient (Wildman–Crippen LogP) is 2.06. The first-order valence-corrected chi connectivity index (χ1v) is 8.07. The number of para-hydroxylation sites is 2. The summed E-state index contributed by atoms with van der Waals surface area (Å²) in [4.78, 5) is 18.5. The van der Waals surface area contributed by atoms with Gasteiger partial charge in [-0.15, -0.1) is 0 Å². The molecule has 0 saturated carbocycles. The van der Waals surface area contributed by atoms with Crippen molar-refractivity contribution in [2.75, 3.05) is 30.4 Å². The van der Waals surface area contributed by atoms with Crippen molar-refractivity contribution >= 4 is 22.8 Å². The lowest BCUT2D eigenvalue weighted by Gasteiger charge is -2.25. The van der Waals surface area contributed by atoms with Gasteiger partial charge in [0.05, 0.1) is 23.2 Å². The van der Waals surface area contributed by atoms with Gasteiger partial charge in [0.2, 0.25) is 5.95 Å². The van der Waals surface area contributed by atoms with Crippen molar-refractivity contribution in [2.24, 2.45) is 0 Å². The third-order valence-electron chi connectivity index (χ3n) is 4.46. The van der Waals surface area contributed by atoms with Crippen LogP contribution in [-0.4, -0.2) is 52.3 Å². The van der Waals surface area contributed by atoms with Crippen LogP contribution in [-0.2, 0) is 4.74 Å². The molecule has 2 atom stereocenters. The van der Waals surface area contributed by atoms with E-state index in [1.807, 2.05) is 30.3 Å². The van der Waals surface area contributed by atoms with Gasteiger partial charge in [-0.3, -0.25) is 0 Å². The summed E-state index contributed by atoms with van der Waals surface area (Å²) in [6.45, 7) is 1.60. The summed E-state index contributed by atoms with van der Waals surface area (Å²) in [6.07, 6.45) is 4.52. The molecule has 4 rings (SSSR count). The molecule has 2 N–H and O–H groups in total. The molecule has 1 saturated heterocycles. The first kappa shape index (κ1) is 14.9. The average molecular weight is 324 g/mol. The zero-order chi connectivity index (χ0) is 16.4. The molecule has 7 nitrogen and oxygen atoms in total. The van der Waals surface area contributed by atoms with Crippen LogP contribution in [0.25, 0.3) is 11.0 Å². The highest BCUT2D eigenvalue weighted by atomic mass is 16.5. The Balaban J connectivity index is 1.49. The summed E-state index contributed by atoms with van der Waals surface area (Å²) in [6, 6.07) is 10.2. The highest BCUT2D eigenvalue weighted by Gasteiger charge is 2.32. The Labute approximate surface area is 140 Å². The van der Waals surface area contributed by atoms with Crippen LogP contribution in [0.1, 0.15) is 6.42 Å². The van der Waals surface area contributed by atoms with Crippen LogP contribution in [0.5, 0.6) is 0 Å². The fourth-order valence-corrected chi connectivity index (χ4v) is 3.22. The number of hydrogen-bond acceptors (Lipinski definition) is 6. The van der Waals surface area contributed by atoms with E-state index in [0.29, 0.717) is 0 Å². The first-order chi connectivity index (χ1) is 11.8. The van der Waals surface area contributed by atoms with E-state index in [0.717, 1.165) is 42.3 Å². The highest BCUT2D eigenvalue weighted by Crippen LogP contribution is 2.25. The van der Waals surface area contributed by atoms with Crippen LogP contribution in [0.15, 0.2) is 42.9 Å². The second-order valence-electron chi connectivity index (χ2n) is 5.95. The molecule has 0 bridgehead atoms. The van der Waals surface area contributed by atoms with E-state index in [9.17, 15) is 0 Å². The maximum Gasteiger partial charge on any atom is 0.201 e. The van der Waals surface area contributed by atoms with Gasteiger partial charge in [-0.1, -0.05) is 12.1 Å². The topological polar surface area (TPSA) is 79.0 Å². The third kappa shape index (κ3) is 2.90. The first-order valence-electron chi connectivity index (χ1n) is 8.07.